The molecule has 0 bridgehead atoms. The van der Waals surface area contributed by atoms with Crippen molar-refractivity contribution >= 4 is 17.4 Å². The average molecular weight is 537 g/mol. The van der Waals surface area contributed by atoms with Crippen LogP contribution in [-0.2, 0) is 14.3 Å². The van der Waals surface area contributed by atoms with Crippen molar-refractivity contribution in [3.63, 3.8) is 0 Å². The SMILES string of the molecule is CCCCCOc1ccc(C2C(=C(O)c3ccc(OC)cc3C)C(=O)C(=O)N2CCCN2CCOCC2)cc1. The summed E-state index contributed by atoms with van der Waals surface area (Å²) in [5.41, 5.74) is 2.12. The molecule has 210 valence electrons. The molecule has 2 aromatic carbocycles. The Labute approximate surface area is 231 Å². The summed E-state index contributed by atoms with van der Waals surface area (Å²) in [4.78, 5) is 30.6. The maximum Gasteiger partial charge on any atom is 0.295 e. The van der Waals surface area contributed by atoms with Crippen molar-refractivity contribution in [3.8, 4) is 11.5 Å². The van der Waals surface area contributed by atoms with Crippen LogP contribution in [0.5, 0.6) is 11.5 Å². The third-order valence-electron chi connectivity index (χ3n) is 7.42. The number of ketones is 1. The summed E-state index contributed by atoms with van der Waals surface area (Å²) in [6.45, 7) is 8.98. The Kier molecular flexibility index (Phi) is 10.0. The number of amides is 1. The fourth-order valence-electron chi connectivity index (χ4n) is 5.21. The van der Waals surface area contributed by atoms with Crippen LogP contribution >= 0.6 is 0 Å². The lowest BCUT2D eigenvalue weighted by molar-refractivity contribution is -0.140. The van der Waals surface area contributed by atoms with E-state index in [9.17, 15) is 14.7 Å². The third-order valence-corrected chi connectivity index (χ3v) is 7.42. The number of morpholine rings is 1. The highest BCUT2D eigenvalue weighted by Gasteiger charge is 2.46. The number of Topliss-reactive ketones (excluding diaryl/α,β-unsaturated/α-hetero) is 1. The first-order valence-corrected chi connectivity index (χ1v) is 13.9. The number of likely N-dealkylation sites (tertiary alicyclic amines) is 1. The molecule has 2 aromatic rings. The number of aliphatic hydroxyl groups is 1. The van der Waals surface area contributed by atoms with Gasteiger partial charge in [0.15, 0.2) is 0 Å². The van der Waals surface area contributed by atoms with Crippen molar-refractivity contribution in [2.75, 3.05) is 53.1 Å². The van der Waals surface area contributed by atoms with Crippen molar-refractivity contribution in [2.24, 2.45) is 0 Å². The summed E-state index contributed by atoms with van der Waals surface area (Å²) in [5.74, 6) is -0.0357. The molecular formula is C31H40N2O6. The van der Waals surface area contributed by atoms with E-state index in [1.165, 1.54) is 0 Å². The normalized spacial score (nSPS) is 19.5. The van der Waals surface area contributed by atoms with Gasteiger partial charge in [-0.05, 0) is 61.2 Å². The number of unbranched alkanes of at least 4 members (excludes halogenated alkanes) is 2. The lowest BCUT2D eigenvalue weighted by Gasteiger charge is -2.29. The average Bonchev–Trinajstić information content (AvgIpc) is 3.21. The van der Waals surface area contributed by atoms with Gasteiger partial charge in [0.25, 0.3) is 11.7 Å². The Morgan fingerprint density at radius 2 is 1.72 bits per heavy atom. The molecule has 1 N–H and O–H groups in total. The molecule has 2 fully saturated rings. The quantitative estimate of drug-likeness (QED) is 0.182. The Hall–Kier alpha value is -3.36. The van der Waals surface area contributed by atoms with E-state index in [-0.39, 0.29) is 11.3 Å². The fourth-order valence-corrected chi connectivity index (χ4v) is 5.21. The predicted molar refractivity (Wildman–Crippen MR) is 150 cm³/mol. The van der Waals surface area contributed by atoms with Crippen molar-refractivity contribution < 1.29 is 28.9 Å². The van der Waals surface area contributed by atoms with Gasteiger partial charge in [0.05, 0.1) is 38.5 Å². The first kappa shape index (κ1) is 28.6. The van der Waals surface area contributed by atoms with Crippen LogP contribution in [0.1, 0.15) is 55.3 Å². The molecule has 8 nitrogen and oxygen atoms in total. The highest BCUT2D eigenvalue weighted by molar-refractivity contribution is 6.46. The minimum absolute atomic E-state index is 0.108. The molecule has 1 unspecified atom stereocenters. The second-order valence-corrected chi connectivity index (χ2v) is 10.1. The van der Waals surface area contributed by atoms with Gasteiger partial charge in [-0.15, -0.1) is 0 Å². The number of aliphatic hydroxyl groups excluding tert-OH is 1. The van der Waals surface area contributed by atoms with Gasteiger partial charge in [0.2, 0.25) is 0 Å². The number of carbonyl (C=O) groups excluding carboxylic acids is 2. The number of rotatable bonds is 12. The highest BCUT2D eigenvalue weighted by Crippen LogP contribution is 2.40. The third kappa shape index (κ3) is 6.81. The zero-order valence-electron chi connectivity index (χ0n) is 23.3. The Morgan fingerprint density at radius 1 is 1.00 bits per heavy atom. The number of hydrogen-bond donors (Lipinski definition) is 1. The number of hydrogen-bond acceptors (Lipinski definition) is 7. The topological polar surface area (TPSA) is 88.5 Å². The molecule has 8 heteroatoms. The van der Waals surface area contributed by atoms with E-state index in [1.807, 2.05) is 31.2 Å². The number of nitrogens with zero attached hydrogens (tertiary/aromatic N) is 2. The molecule has 0 saturated carbocycles. The highest BCUT2D eigenvalue weighted by atomic mass is 16.5. The van der Waals surface area contributed by atoms with Crippen molar-refractivity contribution in [3.05, 3.63) is 64.7 Å². The van der Waals surface area contributed by atoms with Gasteiger partial charge < -0.3 is 24.2 Å². The summed E-state index contributed by atoms with van der Waals surface area (Å²) in [6, 6.07) is 12.1. The van der Waals surface area contributed by atoms with Gasteiger partial charge in [-0.2, -0.15) is 0 Å². The number of benzene rings is 2. The second-order valence-electron chi connectivity index (χ2n) is 10.1. The fraction of sp³-hybridized carbons (Fsp3) is 0.484. The standard InChI is InChI=1S/C31H40N2O6/c1-4-5-6-18-39-24-10-8-23(9-11-24)28-27(29(34)26-13-12-25(37-3)21-22(26)2)30(35)31(36)33(28)15-7-14-32-16-19-38-20-17-32/h8-13,21,28,34H,4-7,14-20H2,1-3H3. The molecular weight excluding hydrogens is 496 g/mol. The molecule has 39 heavy (non-hydrogen) atoms. The first-order valence-electron chi connectivity index (χ1n) is 13.9. The number of aryl methyl sites for hydroxylation is 1. The zero-order valence-corrected chi connectivity index (χ0v) is 23.3. The van der Waals surface area contributed by atoms with E-state index in [4.69, 9.17) is 14.2 Å². The predicted octanol–water partition coefficient (Wildman–Crippen LogP) is 4.72. The minimum Gasteiger partial charge on any atom is -0.507 e. The van der Waals surface area contributed by atoms with E-state index in [2.05, 4.69) is 11.8 Å². The summed E-state index contributed by atoms with van der Waals surface area (Å²) < 4.78 is 16.6. The number of carbonyl (C=O) groups is 2. The van der Waals surface area contributed by atoms with Gasteiger partial charge in [-0.3, -0.25) is 14.5 Å². The number of ether oxygens (including phenoxy) is 3. The maximum atomic E-state index is 13.4. The molecule has 1 atom stereocenters. The van der Waals surface area contributed by atoms with Gasteiger partial charge in [-0.1, -0.05) is 31.9 Å². The molecule has 0 aromatic heterocycles. The molecule has 2 saturated heterocycles. The van der Waals surface area contributed by atoms with E-state index < -0.39 is 17.7 Å². The summed E-state index contributed by atoms with van der Waals surface area (Å²) >= 11 is 0. The Bertz CT molecular complexity index is 1170. The molecule has 0 aliphatic carbocycles. The molecule has 1 amide bonds. The van der Waals surface area contributed by atoms with Crippen molar-refractivity contribution in [1.29, 1.82) is 0 Å². The van der Waals surface area contributed by atoms with E-state index in [0.717, 1.165) is 55.8 Å². The lowest BCUT2D eigenvalue weighted by atomic mass is 9.93. The van der Waals surface area contributed by atoms with Gasteiger partial charge >= 0.3 is 0 Å². The Balaban J connectivity index is 1.64. The van der Waals surface area contributed by atoms with Crippen LogP contribution in [0.15, 0.2) is 48.0 Å². The van der Waals surface area contributed by atoms with E-state index in [1.54, 1.807) is 30.2 Å². The zero-order chi connectivity index (χ0) is 27.8. The first-order chi connectivity index (χ1) is 18.9. The second kappa shape index (κ2) is 13.6. The largest absolute Gasteiger partial charge is 0.507 e. The van der Waals surface area contributed by atoms with Crippen LogP contribution < -0.4 is 9.47 Å². The number of methoxy groups -OCH3 is 1. The van der Waals surface area contributed by atoms with E-state index >= 15 is 0 Å². The monoisotopic (exact) mass is 536 g/mol. The molecule has 2 heterocycles. The minimum atomic E-state index is -0.690. The van der Waals surface area contributed by atoms with Crippen molar-refractivity contribution in [2.45, 2.75) is 45.6 Å². The van der Waals surface area contributed by atoms with Gasteiger partial charge in [-0.25, -0.2) is 0 Å². The van der Waals surface area contributed by atoms with Crippen LogP contribution in [-0.4, -0.2) is 79.7 Å². The molecule has 2 aliphatic heterocycles. The summed E-state index contributed by atoms with van der Waals surface area (Å²) in [5, 5.41) is 11.4. The molecule has 0 spiro atoms. The smallest absolute Gasteiger partial charge is 0.295 e. The van der Waals surface area contributed by atoms with Gasteiger partial charge in [0.1, 0.15) is 17.3 Å². The Morgan fingerprint density at radius 3 is 2.38 bits per heavy atom. The van der Waals surface area contributed by atoms with Crippen LogP contribution in [0.2, 0.25) is 0 Å². The van der Waals surface area contributed by atoms with E-state index in [0.29, 0.717) is 44.1 Å². The van der Waals surface area contributed by atoms with Crippen LogP contribution in [0, 0.1) is 6.92 Å². The summed E-state index contributed by atoms with van der Waals surface area (Å²) in [7, 11) is 1.58. The van der Waals surface area contributed by atoms with Crippen LogP contribution in [0.3, 0.4) is 0 Å². The molecule has 4 rings (SSSR count). The van der Waals surface area contributed by atoms with Gasteiger partial charge in [0, 0.05) is 31.7 Å². The molecule has 0 radical (unpaired) electrons. The van der Waals surface area contributed by atoms with Crippen LogP contribution in [0.4, 0.5) is 0 Å². The summed E-state index contributed by atoms with van der Waals surface area (Å²) in [6.07, 6.45) is 3.94. The van der Waals surface area contributed by atoms with Crippen LogP contribution in [0.25, 0.3) is 5.76 Å². The lowest BCUT2D eigenvalue weighted by Crippen LogP contribution is -2.38. The molecule has 2 aliphatic rings. The maximum absolute atomic E-state index is 13.4. The van der Waals surface area contributed by atoms with Crippen molar-refractivity contribution in [1.82, 2.24) is 9.80 Å².